The third-order valence-corrected chi connectivity index (χ3v) is 3.08. The molecule has 2 aromatic heterocycles. The summed E-state index contributed by atoms with van der Waals surface area (Å²) in [6.45, 7) is 1.97. The third kappa shape index (κ3) is 5.51. The summed E-state index contributed by atoms with van der Waals surface area (Å²) in [5.74, 6) is 1.31. The van der Waals surface area contributed by atoms with Gasteiger partial charge in [0.05, 0.1) is 13.3 Å². The SMILES string of the molecule is CCc1nccn1-c1cnc(CCC(F)(F)F)cc1OC.O=C=O. The Balaban J connectivity index is 0.000000891. The van der Waals surface area contributed by atoms with Gasteiger partial charge in [0, 0.05) is 37.0 Å². The zero-order valence-corrected chi connectivity index (χ0v) is 13.1. The van der Waals surface area contributed by atoms with Gasteiger partial charge in [0.15, 0.2) is 0 Å². The zero-order valence-electron chi connectivity index (χ0n) is 13.1. The average molecular weight is 343 g/mol. The van der Waals surface area contributed by atoms with Crippen molar-refractivity contribution in [2.75, 3.05) is 7.11 Å². The second-order valence-electron chi connectivity index (χ2n) is 4.61. The molecule has 0 saturated heterocycles. The van der Waals surface area contributed by atoms with Gasteiger partial charge in [-0.25, -0.2) is 4.98 Å². The molecule has 2 rings (SSSR count). The molecule has 0 aromatic carbocycles. The van der Waals surface area contributed by atoms with E-state index >= 15 is 0 Å². The lowest BCUT2D eigenvalue weighted by molar-refractivity contribution is -0.191. The fourth-order valence-corrected chi connectivity index (χ4v) is 2.04. The van der Waals surface area contributed by atoms with Crippen LogP contribution in [0.4, 0.5) is 13.2 Å². The fourth-order valence-electron chi connectivity index (χ4n) is 2.04. The minimum Gasteiger partial charge on any atom is -0.494 e. The number of alkyl halides is 3. The van der Waals surface area contributed by atoms with Crippen LogP contribution in [-0.4, -0.2) is 34.0 Å². The maximum atomic E-state index is 12.3. The summed E-state index contributed by atoms with van der Waals surface area (Å²) in [4.78, 5) is 24.6. The van der Waals surface area contributed by atoms with Crippen LogP contribution in [0.3, 0.4) is 0 Å². The predicted octanol–water partition coefficient (Wildman–Crippen LogP) is 2.75. The van der Waals surface area contributed by atoms with E-state index in [2.05, 4.69) is 9.97 Å². The van der Waals surface area contributed by atoms with Crippen LogP contribution in [0, 0.1) is 0 Å². The van der Waals surface area contributed by atoms with Crippen LogP contribution in [-0.2, 0) is 22.4 Å². The molecule has 6 nitrogen and oxygen atoms in total. The van der Waals surface area contributed by atoms with Gasteiger partial charge < -0.3 is 4.74 Å². The van der Waals surface area contributed by atoms with Gasteiger partial charge in [-0.05, 0) is 6.42 Å². The number of pyridine rings is 1. The number of aromatic nitrogens is 3. The lowest BCUT2D eigenvalue weighted by Gasteiger charge is -2.13. The van der Waals surface area contributed by atoms with Crippen LogP contribution < -0.4 is 4.74 Å². The Morgan fingerprint density at radius 1 is 1.29 bits per heavy atom. The largest absolute Gasteiger partial charge is 0.494 e. The van der Waals surface area contributed by atoms with Crippen molar-refractivity contribution in [2.45, 2.75) is 32.4 Å². The molecule has 2 heterocycles. The Bertz CT molecular complexity index is 693. The summed E-state index contributed by atoms with van der Waals surface area (Å²) < 4.78 is 43.9. The average Bonchev–Trinajstić information content (AvgIpc) is 3.01. The first-order valence-corrected chi connectivity index (χ1v) is 6.97. The molecular formula is C15H16F3N3O3. The second kappa shape index (κ2) is 8.83. The molecule has 0 aliphatic rings. The summed E-state index contributed by atoms with van der Waals surface area (Å²) in [6.07, 6.45) is 0.687. The molecule has 0 fully saturated rings. The van der Waals surface area contributed by atoms with Gasteiger partial charge in [0.2, 0.25) is 0 Å². The number of aryl methyl sites for hydroxylation is 2. The van der Waals surface area contributed by atoms with Crippen LogP contribution in [0.1, 0.15) is 24.9 Å². The van der Waals surface area contributed by atoms with Crippen LogP contribution in [0.2, 0.25) is 0 Å². The van der Waals surface area contributed by atoms with Gasteiger partial charge in [0.25, 0.3) is 0 Å². The Hall–Kier alpha value is -2.67. The lowest BCUT2D eigenvalue weighted by atomic mass is 10.2. The van der Waals surface area contributed by atoms with Gasteiger partial charge in [-0.15, -0.1) is 0 Å². The van der Waals surface area contributed by atoms with Gasteiger partial charge >= 0.3 is 12.3 Å². The zero-order chi connectivity index (χ0) is 18.2. The molecule has 0 N–H and O–H groups in total. The van der Waals surface area contributed by atoms with Gasteiger partial charge in [-0.3, -0.25) is 9.55 Å². The normalized spacial score (nSPS) is 10.5. The van der Waals surface area contributed by atoms with E-state index in [9.17, 15) is 13.2 Å². The van der Waals surface area contributed by atoms with Crippen molar-refractivity contribution in [3.05, 3.63) is 36.2 Å². The van der Waals surface area contributed by atoms with E-state index in [1.807, 2.05) is 11.5 Å². The Kier molecular flexibility index (Phi) is 7.13. The molecule has 0 saturated carbocycles. The summed E-state index contributed by atoms with van der Waals surface area (Å²) in [5, 5.41) is 0. The number of ether oxygens (including phenoxy) is 1. The molecule has 130 valence electrons. The second-order valence-corrected chi connectivity index (χ2v) is 4.61. The molecule has 0 aliphatic heterocycles. The molecular weight excluding hydrogens is 327 g/mol. The summed E-state index contributed by atoms with van der Waals surface area (Å²) in [6, 6.07) is 1.54. The van der Waals surface area contributed by atoms with Crippen LogP contribution >= 0.6 is 0 Å². The summed E-state index contributed by atoms with van der Waals surface area (Å²) in [7, 11) is 1.48. The monoisotopic (exact) mass is 343 g/mol. The van der Waals surface area contributed by atoms with Crippen molar-refractivity contribution < 1.29 is 27.5 Å². The first-order chi connectivity index (χ1) is 11.4. The van der Waals surface area contributed by atoms with Crippen molar-refractivity contribution in [2.24, 2.45) is 0 Å². The van der Waals surface area contributed by atoms with Gasteiger partial charge in [-0.2, -0.15) is 22.8 Å². The Morgan fingerprint density at radius 3 is 2.50 bits per heavy atom. The molecule has 0 bridgehead atoms. The molecule has 24 heavy (non-hydrogen) atoms. The van der Waals surface area contributed by atoms with E-state index in [-0.39, 0.29) is 12.6 Å². The van der Waals surface area contributed by atoms with Gasteiger partial charge in [0.1, 0.15) is 17.3 Å². The van der Waals surface area contributed by atoms with Crippen molar-refractivity contribution in [3.8, 4) is 11.4 Å². The molecule has 0 atom stereocenters. The molecule has 0 radical (unpaired) electrons. The molecule has 0 amide bonds. The van der Waals surface area contributed by atoms with Crippen molar-refractivity contribution >= 4 is 6.15 Å². The maximum Gasteiger partial charge on any atom is 0.389 e. The minimum absolute atomic E-state index is 0.162. The number of hydrogen-bond donors (Lipinski definition) is 0. The van der Waals surface area contributed by atoms with Gasteiger partial charge in [-0.1, -0.05) is 6.92 Å². The highest BCUT2D eigenvalue weighted by molar-refractivity contribution is 5.46. The van der Waals surface area contributed by atoms with Crippen LogP contribution in [0.5, 0.6) is 5.75 Å². The number of rotatable bonds is 5. The van der Waals surface area contributed by atoms with E-state index in [1.54, 1.807) is 18.5 Å². The van der Waals surface area contributed by atoms with Crippen molar-refractivity contribution in [1.82, 2.24) is 14.5 Å². The highest BCUT2D eigenvalue weighted by Crippen LogP contribution is 2.26. The van der Waals surface area contributed by atoms with Crippen molar-refractivity contribution in [1.29, 1.82) is 0 Å². The van der Waals surface area contributed by atoms with E-state index in [0.717, 1.165) is 12.2 Å². The first-order valence-electron chi connectivity index (χ1n) is 6.97. The molecule has 0 spiro atoms. The quantitative estimate of drug-likeness (QED) is 0.834. The number of imidazole rings is 1. The first kappa shape index (κ1) is 19.4. The fraction of sp³-hybridized carbons (Fsp3) is 0.400. The predicted molar refractivity (Wildman–Crippen MR) is 76.7 cm³/mol. The smallest absolute Gasteiger partial charge is 0.389 e. The third-order valence-electron chi connectivity index (χ3n) is 3.08. The number of carbonyl (C=O) groups excluding carboxylic acids is 2. The molecule has 9 heteroatoms. The van der Waals surface area contributed by atoms with E-state index < -0.39 is 12.6 Å². The van der Waals surface area contributed by atoms with Crippen LogP contribution in [0.25, 0.3) is 5.69 Å². The molecule has 2 aromatic rings. The topological polar surface area (TPSA) is 74.1 Å². The number of methoxy groups -OCH3 is 1. The maximum absolute atomic E-state index is 12.3. The molecule has 0 unspecified atom stereocenters. The standard InChI is InChI=1S/C14H16F3N3O.CO2/c1-3-13-18-6-7-20(13)11-9-19-10(8-12(11)21-2)4-5-14(15,16)17;2-1-3/h6-9H,3-5H2,1-2H3;. The lowest BCUT2D eigenvalue weighted by Crippen LogP contribution is -2.10. The highest BCUT2D eigenvalue weighted by Gasteiger charge is 2.27. The molecule has 0 aliphatic carbocycles. The van der Waals surface area contributed by atoms with E-state index in [0.29, 0.717) is 17.1 Å². The summed E-state index contributed by atoms with van der Waals surface area (Å²) in [5.41, 5.74) is 1.02. The Morgan fingerprint density at radius 2 is 1.96 bits per heavy atom. The van der Waals surface area contributed by atoms with Crippen molar-refractivity contribution in [3.63, 3.8) is 0 Å². The van der Waals surface area contributed by atoms with Crippen LogP contribution in [0.15, 0.2) is 24.7 Å². The number of hydrogen-bond acceptors (Lipinski definition) is 5. The Labute approximate surface area is 136 Å². The number of halogens is 3. The number of nitrogens with zero attached hydrogens (tertiary/aromatic N) is 3. The van der Waals surface area contributed by atoms with E-state index in [4.69, 9.17) is 14.3 Å². The minimum atomic E-state index is -4.19. The highest BCUT2D eigenvalue weighted by atomic mass is 19.4. The summed E-state index contributed by atoms with van der Waals surface area (Å²) >= 11 is 0. The van der Waals surface area contributed by atoms with E-state index in [1.165, 1.54) is 13.3 Å².